The lowest BCUT2D eigenvalue weighted by Crippen LogP contribution is -2.57. The van der Waals surface area contributed by atoms with E-state index in [0.717, 1.165) is 0 Å². The SMILES string of the molecule is CC(NC(=O)C(NC(=O)C(N)CCC(=O)O)C(C)O)C(=O)O. The fourth-order valence-corrected chi connectivity index (χ4v) is 1.44. The Hall–Kier alpha value is -2.20. The second-order valence-corrected chi connectivity index (χ2v) is 4.83. The summed E-state index contributed by atoms with van der Waals surface area (Å²) >= 11 is 0. The Balaban J connectivity index is 4.69. The number of carbonyl (C=O) groups is 4. The normalized spacial score (nSPS) is 16.0. The molecule has 0 fully saturated rings. The van der Waals surface area contributed by atoms with Crippen molar-refractivity contribution in [3.63, 3.8) is 0 Å². The summed E-state index contributed by atoms with van der Waals surface area (Å²) in [5.74, 6) is -4.10. The van der Waals surface area contributed by atoms with E-state index >= 15 is 0 Å². The van der Waals surface area contributed by atoms with Crippen molar-refractivity contribution >= 4 is 23.8 Å². The molecule has 4 atom stereocenters. The number of hydrogen-bond acceptors (Lipinski definition) is 6. The first-order chi connectivity index (χ1) is 10.1. The van der Waals surface area contributed by atoms with Crippen molar-refractivity contribution in [1.82, 2.24) is 10.6 Å². The lowest BCUT2D eigenvalue weighted by atomic mass is 10.1. The van der Waals surface area contributed by atoms with Gasteiger partial charge in [0.25, 0.3) is 0 Å². The number of hydrogen-bond donors (Lipinski definition) is 6. The summed E-state index contributed by atoms with van der Waals surface area (Å²) < 4.78 is 0. The summed E-state index contributed by atoms with van der Waals surface area (Å²) in [4.78, 5) is 44.7. The molecule has 0 spiro atoms. The van der Waals surface area contributed by atoms with Gasteiger partial charge in [-0.05, 0) is 20.3 Å². The van der Waals surface area contributed by atoms with Crippen molar-refractivity contribution in [3.05, 3.63) is 0 Å². The largest absolute Gasteiger partial charge is 0.481 e. The molecule has 126 valence electrons. The van der Waals surface area contributed by atoms with Gasteiger partial charge in [-0.2, -0.15) is 0 Å². The predicted molar refractivity (Wildman–Crippen MR) is 73.7 cm³/mol. The third kappa shape index (κ3) is 6.99. The maximum absolute atomic E-state index is 11.8. The number of aliphatic hydroxyl groups is 1. The number of aliphatic carboxylic acids is 2. The quantitative estimate of drug-likeness (QED) is 0.273. The molecule has 0 aliphatic rings. The molecule has 0 bridgehead atoms. The zero-order valence-corrected chi connectivity index (χ0v) is 12.3. The monoisotopic (exact) mass is 319 g/mol. The van der Waals surface area contributed by atoms with Crippen molar-refractivity contribution in [3.8, 4) is 0 Å². The van der Waals surface area contributed by atoms with E-state index in [1.165, 1.54) is 13.8 Å². The summed E-state index contributed by atoms with van der Waals surface area (Å²) in [6, 6.07) is -3.77. The van der Waals surface area contributed by atoms with Crippen LogP contribution in [0.3, 0.4) is 0 Å². The number of carboxylic acid groups (broad SMARTS) is 2. The minimum absolute atomic E-state index is 0.138. The molecule has 0 aromatic rings. The van der Waals surface area contributed by atoms with E-state index in [1.807, 2.05) is 0 Å². The molecule has 0 heterocycles. The zero-order chi connectivity index (χ0) is 17.4. The summed E-state index contributed by atoms with van der Waals surface area (Å²) in [6.07, 6.45) is -1.76. The Bertz CT molecular complexity index is 438. The fraction of sp³-hybridized carbons (Fsp3) is 0.667. The minimum atomic E-state index is -1.40. The molecular formula is C12H21N3O7. The molecule has 4 unspecified atom stereocenters. The van der Waals surface area contributed by atoms with Crippen LogP contribution in [0.5, 0.6) is 0 Å². The van der Waals surface area contributed by atoms with Gasteiger partial charge >= 0.3 is 11.9 Å². The van der Waals surface area contributed by atoms with Crippen LogP contribution < -0.4 is 16.4 Å². The van der Waals surface area contributed by atoms with Crippen LogP contribution >= 0.6 is 0 Å². The predicted octanol–water partition coefficient (Wildman–Crippen LogP) is -2.37. The maximum Gasteiger partial charge on any atom is 0.325 e. The van der Waals surface area contributed by atoms with E-state index in [0.29, 0.717) is 0 Å². The lowest BCUT2D eigenvalue weighted by Gasteiger charge is -2.23. The number of nitrogens with one attached hydrogen (secondary N) is 2. The molecule has 0 aromatic carbocycles. The van der Waals surface area contributed by atoms with E-state index in [9.17, 15) is 24.3 Å². The molecule has 0 radical (unpaired) electrons. The molecular weight excluding hydrogens is 298 g/mol. The van der Waals surface area contributed by atoms with Gasteiger partial charge in [0, 0.05) is 6.42 Å². The number of nitrogens with two attached hydrogens (primary N) is 1. The molecule has 7 N–H and O–H groups in total. The molecule has 0 aliphatic carbocycles. The van der Waals surface area contributed by atoms with Crippen molar-refractivity contribution in [1.29, 1.82) is 0 Å². The molecule has 2 amide bonds. The van der Waals surface area contributed by atoms with Crippen LogP contribution in [0.25, 0.3) is 0 Å². The molecule has 10 heteroatoms. The lowest BCUT2D eigenvalue weighted by molar-refractivity contribution is -0.142. The average Bonchev–Trinajstić information content (AvgIpc) is 2.40. The highest BCUT2D eigenvalue weighted by Gasteiger charge is 2.29. The molecule has 22 heavy (non-hydrogen) atoms. The highest BCUT2D eigenvalue weighted by Crippen LogP contribution is 1.99. The van der Waals surface area contributed by atoms with Gasteiger partial charge in [0.05, 0.1) is 12.1 Å². The van der Waals surface area contributed by atoms with Crippen LogP contribution in [0.1, 0.15) is 26.7 Å². The van der Waals surface area contributed by atoms with Crippen molar-refractivity contribution in [2.75, 3.05) is 0 Å². The van der Waals surface area contributed by atoms with Gasteiger partial charge in [-0.1, -0.05) is 0 Å². The van der Waals surface area contributed by atoms with Gasteiger partial charge < -0.3 is 31.7 Å². The summed E-state index contributed by atoms with van der Waals surface area (Å²) in [5.41, 5.74) is 5.48. The number of carboxylic acids is 2. The highest BCUT2D eigenvalue weighted by molar-refractivity contribution is 5.92. The van der Waals surface area contributed by atoms with Gasteiger partial charge in [0.2, 0.25) is 11.8 Å². The van der Waals surface area contributed by atoms with Gasteiger partial charge in [-0.3, -0.25) is 19.2 Å². The van der Waals surface area contributed by atoms with Gasteiger partial charge in [0.1, 0.15) is 12.1 Å². The second-order valence-electron chi connectivity index (χ2n) is 4.83. The second kappa shape index (κ2) is 8.95. The molecule has 10 nitrogen and oxygen atoms in total. The minimum Gasteiger partial charge on any atom is -0.481 e. The van der Waals surface area contributed by atoms with Crippen molar-refractivity contribution < 1.29 is 34.5 Å². The Morgan fingerprint density at radius 2 is 1.59 bits per heavy atom. The van der Waals surface area contributed by atoms with Gasteiger partial charge in [-0.15, -0.1) is 0 Å². The number of carbonyl (C=O) groups excluding carboxylic acids is 2. The number of amides is 2. The van der Waals surface area contributed by atoms with E-state index in [1.54, 1.807) is 0 Å². The van der Waals surface area contributed by atoms with E-state index in [-0.39, 0.29) is 12.8 Å². The van der Waals surface area contributed by atoms with E-state index in [4.69, 9.17) is 15.9 Å². The van der Waals surface area contributed by atoms with E-state index < -0.39 is 48.0 Å². The van der Waals surface area contributed by atoms with Crippen molar-refractivity contribution in [2.45, 2.75) is 50.9 Å². The number of aliphatic hydroxyl groups excluding tert-OH is 1. The van der Waals surface area contributed by atoms with Crippen LogP contribution in [0, 0.1) is 0 Å². The molecule has 0 saturated heterocycles. The van der Waals surface area contributed by atoms with Crippen LogP contribution in [-0.4, -0.2) is 63.3 Å². The Morgan fingerprint density at radius 3 is 2.00 bits per heavy atom. The summed E-state index contributed by atoms with van der Waals surface area (Å²) in [6.45, 7) is 2.46. The maximum atomic E-state index is 11.8. The molecule has 0 rings (SSSR count). The summed E-state index contributed by atoms with van der Waals surface area (Å²) in [5, 5.41) is 31.0. The van der Waals surface area contributed by atoms with Gasteiger partial charge in [-0.25, -0.2) is 0 Å². The van der Waals surface area contributed by atoms with Crippen LogP contribution in [0.4, 0.5) is 0 Å². The first-order valence-corrected chi connectivity index (χ1v) is 6.55. The van der Waals surface area contributed by atoms with Crippen molar-refractivity contribution in [2.24, 2.45) is 5.73 Å². The molecule has 0 aromatic heterocycles. The topological polar surface area (TPSA) is 179 Å². The molecule has 0 saturated carbocycles. The third-order valence-corrected chi connectivity index (χ3v) is 2.80. The Kier molecular flexibility index (Phi) is 8.05. The fourth-order valence-electron chi connectivity index (χ4n) is 1.44. The Morgan fingerprint density at radius 1 is 1.05 bits per heavy atom. The summed E-state index contributed by atoms with van der Waals surface area (Å²) in [7, 11) is 0. The van der Waals surface area contributed by atoms with Gasteiger partial charge in [0.15, 0.2) is 0 Å². The van der Waals surface area contributed by atoms with Crippen LogP contribution in [0.2, 0.25) is 0 Å². The average molecular weight is 319 g/mol. The van der Waals surface area contributed by atoms with E-state index in [2.05, 4.69) is 10.6 Å². The van der Waals surface area contributed by atoms with Crippen LogP contribution in [0.15, 0.2) is 0 Å². The first-order valence-electron chi connectivity index (χ1n) is 6.55. The Labute approximate surface area is 126 Å². The first kappa shape index (κ1) is 19.8. The van der Waals surface area contributed by atoms with Crippen LogP contribution in [-0.2, 0) is 19.2 Å². The smallest absolute Gasteiger partial charge is 0.325 e. The molecule has 0 aliphatic heterocycles. The highest BCUT2D eigenvalue weighted by atomic mass is 16.4. The number of rotatable bonds is 9. The third-order valence-electron chi connectivity index (χ3n) is 2.80. The standard InChI is InChI=1S/C12H21N3O7/c1-5(12(21)22)14-11(20)9(6(2)16)15-10(19)7(13)3-4-8(17)18/h5-7,9,16H,3-4,13H2,1-2H3,(H,14,20)(H,15,19)(H,17,18)(H,21,22). The zero-order valence-electron chi connectivity index (χ0n) is 12.3.